The monoisotopic (exact) mass is 289 g/mol. The van der Waals surface area contributed by atoms with Crippen LogP contribution in [0, 0.1) is 18.3 Å². The molecule has 2 amide bonds. The summed E-state index contributed by atoms with van der Waals surface area (Å²) in [6.45, 7) is 5.60. The highest BCUT2D eigenvalue weighted by atomic mass is 16.4. The Kier molecular flexibility index (Phi) is 5.73. The van der Waals surface area contributed by atoms with E-state index in [4.69, 9.17) is 10.4 Å². The second-order valence-electron chi connectivity index (χ2n) is 5.00. The topological polar surface area (TPSA) is 93.4 Å². The van der Waals surface area contributed by atoms with E-state index in [1.165, 1.54) is 4.90 Å². The molecule has 0 spiro atoms. The molecule has 2 N–H and O–H groups in total. The molecule has 0 radical (unpaired) electrons. The van der Waals surface area contributed by atoms with Crippen LogP contribution in [0.5, 0.6) is 0 Å². The smallest absolute Gasteiger partial charge is 0.322 e. The molecule has 0 aliphatic rings. The number of anilines is 1. The molecule has 1 rings (SSSR count). The third-order valence-corrected chi connectivity index (χ3v) is 3.06. The maximum atomic E-state index is 12.3. The highest BCUT2D eigenvalue weighted by Gasteiger charge is 2.18. The van der Waals surface area contributed by atoms with Crippen molar-refractivity contribution in [3.63, 3.8) is 0 Å². The summed E-state index contributed by atoms with van der Waals surface area (Å²) in [4.78, 5) is 24.4. The highest BCUT2D eigenvalue weighted by Crippen LogP contribution is 2.17. The fraction of sp³-hybridized carbons (Fsp3) is 0.400. The lowest BCUT2D eigenvalue weighted by Crippen LogP contribution is -2.41. The lowest BCUT2D eigenvalue weighted by atomic mass is 10.1. The molecule has 0 saturated heterocycles. The van der Waals surface area contributed by atoms with Crippen LogP contribution in [0.2, 0.25) is 0 Å². The second kappa shape index (κ2) is 7.29. The zero-order valence-electron chi connectivity index (χ0n) is 12.4. The quantitative estimate of drug-likeness (QED) is 0.871. The Labute approximate surface area is 124 Å². The van der Waals surface area contributed by atoms with Crippen LogP contribution in [-0.2, 0) is 4.79 Å². The summed E-state index contributed by atoms with van der Waals surface area (Å²) in [5.74, 6) is -0.948. The van der Waals surface area contributed by atoms with Gasteiger partial charge in [-0.2, -0.15) is 5.26 Å². The number of nitriles is 1. The van der Waals surface area contributed by atoms with E-state index < -0.39 is 5.97 Å². The summed E-state index contributed by atoms with van der Waals surface area (Å²) < 4.78 is 0. The first-order valence-electron chi connectivity index (χ1n) is 6.65. The van der Waals surface area contributed by atoms with Gasteiger partial charge in [0.25, 0.3) is 0 Å². The van der Waals surface area contributed by atoms with E-state index in [-0.39, 0.29) is 25.0 Å². The van der Waals surface area contributed by atoms with E-state index >= 15 is 0 Å². The fourth-order valence-corrected chi connectivity index (χ4v) is 1.82. The van der Waals surface area contributed by atoms with Gasteiger partial charge in [-0.3, -0.25) is 4.79 Å². The van der Waals surface area contributed by atoms with Crippen LogP contribution >= 0.6 is 0 Å². The molecule has 112 valence electrons. The maximum absolute atomic E-state index is 12.3. The number of urea groups is 1. The molecule has 0 heterocycles. The molecule has 0 unspecified atom stereocenters. The van der Waals surface area contributed by atoms with Gasteiger partial charge in [0.1, 0.15) is 0 Å². The minimum Gasteiger partial charge on any atom is -0.481 e. The van der Waals surface area contributed by atoms with Crippen molar-refractivity contribution in [2.24, 2.45) is 0 Å². The van der Waals surface area contributed by atoms with Crippen molar-refractivity contribution in [1.82, 2.24) is 4.90 Å². The van der Waals surface area contributed by atoms with E-state index in [1.54, 1.807) is 18.2 Å². The van der Waals surface area contributed by atoms with Gasteiger partial charge in [-0.1, -0.05) is 6.07 Å². The summed E-state index contributed by atoms with van der Waals surface area (Å²) in [5.41, 5.74) is 1.85. The average molecular weight is 289 g/mol. The second-order valence-corrected chi connectivity index (χ2v) is 5.00. The minimum absolute atomic E-state index is 0.108. The number of nitrogens with zero attached hydrogens (tertiary/aromatic N) is 2. The average Bonchev–Trinajstić information content (AvgIpc) is 2.40. The Balaban J connectivity index is 2.86. The Morgan fingerprint density at radius 2 is 2.10 bits per heavy atom. The van der Waals surface area contributed by atoms with Gasteiger partial charge < -0.3 is 15.3 Å². The summed E-state index contributed by atoms with van der Waals surface area (Å²) in [5, 5.41) is 20.4. The van der Waals surface area contributed by atoms with Gasteiger partial charge in [0.05, 0.1) is 18.1 Å². The van der Waals surface area contributed by atoms with Gasteiger partial charge >= 0.3 is 12.0 Å². The van der Waals surface area contributed by atoms with Gasteiger partial charge in [0.2, 0.25) is 0 Å². The number of rotatable bonds is 5. The normalized spacial score (nSPS) is 10.0. The largest absolute Gasteiger partial charge is 0.481 e. The number of benzene rings is 1. The molecule has 0 saturated carbocycles. The van der Waals surface area contributed by atoms with Gasteiger partial charge in [0, 0.05) is 18.3 Å². The van der Waals surface area contributed by atoms with Crippen LogP contribution in [0.4, 0.5) is 10.5 Å². The Morgan fingerprint density at radius 3 is 2.62 bits per heavy atom. The summed E-state index contributed by atoms with van der Waals surface area (Å²) in [7, 11) is 0. The van der Waals surface area contributed by atoms with Crippen LogP contribution in [0.25, 0.3) is 0 Å². The third-order valence-electron chi connectivity index (χ3n) is 3.06. The molecule has 0 fully saturated rings. The van der Waals surface area contributed by atoms with Gasteiger partial charge in [-0.15, -0.1) is 0 Å². The van der Waals surface area contributed by atoms with Crippen molar-refractivity contribution in [3.05, 3.63) is 29.3 Å². The third kappa shape index (κ3) is 4.80. The molecular formula is C15H19N3O3. The predicted molar refractivity (Wildman–Crippen MR) is 79.0 cm³/mol. The number of aryl methyl sites for hydroxylation is 1. The molecule has 0 bridgehead atoms. The molecular weight excluding hydrogens is 270 g/mol. The van der Waals surface area contributed by atoms with Crippen molar-refractivity contribution >= 4 is 17.7 Å². The number of nitrogens with one attached hydrogen (secondary N) is 1. The van der Waals surface area contributed by atoms with E-state index in [9.17, 15) is 9.59 Å². The number of carbonyl (C=O) groups excluding carboxylic acids is 1. The maximum Gasteiger partial charge on any atom is 0.322 e. The first-order valence-corrected chi connectivity index (χ1v) is 6.65. The fourth-order valence-electron chi connectivity index (χ4n) is 1.82. The predicted octanol–water partition coefficient (Wildman–Crippen LogP) is 2.58. The standard InChI is InChI=1S/C15H19N3O3/c1-10(2)18(7-6-14(19)20)15(21)17-13-8-12(9-16)5-4-11(13)3/h4-5,8,10H,6-7H2,1-3H3,(H,17,21)(H,19,20). The van der Waals surface area contributed by atoms with Gasteiger partial charge in [-0.25, -0.2) is 4.79 Å². The molecule has 1 aromatic carbocycles. The van der Waals surface area contributed by atoms with Crippen molar-refractivity contribution in [2.75, 3.05) is 11.9 Å². The zero-order chi connectivity index (χ0) is 16.0. The summed E-state index contributed by atoms with van der Waals surface area (Å²) in [6, 6.07) is 6.56. The Bertz CT molecular complexity index is 576. The summed E-state index contributed by atoms with van der Waals surface area (Å²) >= 11 is 0. The lowest BCUT2D eigenvalue weighted by Gasteiger charge is -2.26. The first-order chi connectivity index (χ1) is 9.85. The molecule has 0 aliphatic heterocycles. The lowest BCUT2D eigenvalue weighted by molar-refractivity contribution is -0.137. The number of aliphatic carboxylic acids is 1. The SMILES string of the molecule is Cc1ccc(C#N)cc1NC(=O)N(CCC(=O)O)C(C)C. The molecule has 0 atom stereocenters. The van der Waals surface area contributed by atoms with Crippen LogP contribution in [0.3, 0.4) is 0 Å². The van der Waals surface area contributed by atoms with E-state index in [0.717, 1.165) is 5.56 Å². The van der Waals surface area contributed by atoms with Gasteiger partial charge in [0.15, 0.2) is 0 Å². The van der Waals surface area contributed by atoms with E-state index in [1.807, 2.05) is 26.8 Å². The molecule has 1 aromatic rings. The zero-order valence-corrected chi connectivity index (χ0v) is 12.4. The number of hydrogen-bond acceptors (Lipinski definition) is 3. The highest BCUT2D eigenvalue weighted by molar-refractivity contribution is 5.90. The summed E-state index contributed by atoms with van der Waals surface area (Å²) in [6.07, 6.45) is -0.108. The van der Waals surface area contributed by atoms with Crippen LogP contribution in [-0.4, -0.2) is 34.6 Å². The Hall–Kier alpha value is -2.55. The number of hydrogen-bond donors (Lipinski definition) is 2. The van der Waals surface area contributed by atoms with Gasteiger partial charge in [-0.05, 0) is 38.5 Å². The van der Waals surface area contributed by atoms with Crippen LogP contribution in [0.15, 0.2) is 18.2 Å². The number of carboxylic acid groups (broad SMARTS) is 1. The number of carbonyl (C=O) groups is 2. The van der Waals surface area contributed by atoms with E-state index in [2.05, 4.69) is 5.32 Å². The van der Waals surface area contributed by atoms with Crippen LogP contribution in [0.1, 0.15) is 31.4 Å². The Morgan fingerprint density at radius 1 is 1.43 bits per heavy atom. The number of amides is 2. The van der Waals surface area contributed by atoms with Crippen molar-refractivity contribution in [1.29, 1.82) is 5.26 Å². The minimum atomic E-state index is -0.948. The van der Waals surface area contributed by atoms with Crippen LogP contribution < -0.4 is 5.32 Å². The van der Waals surface area contributed by atoms with Crippen molar-refractivity contribution in [3.8, 4) is 6.07 Å². The van der Waals surface area contributed by atoms with Crippen molar-refractivity contribution < 1.29 is 14.7 Å². The molecule has 6 nitrogen and oxygen atoms in total. The molecule has 0 aliphatic carbocycles. The molecule has 21 heavy (non-hydrogen) atoms. The number of carboxylic acids is 1. The van der Waals surface area contributed by atoms with Crippen molar-refractivity contribution in [2.45, 2.75) is 33.2 Å². The molecule has 0 aromatic heterocycles. The molecule has 6 heteroatoms. The first kappa shape index (κ1) is 16.5. The van der Waals surface area contributed by atoms with E-state index in [0.29, 0.717) is 11.3 Å².